The maximum atomic E-state index is 6.57. The molecule has 4 nitrogen and oxygen atoms in total. The van der Waals surface area contributed by atoms with Crippen molar-refractivity contribution in [1.29, 1.82) is 0 Å². The van der Waals surface area contributed by atoms with Crippen molar-refractivity contribution in [3.05, 3.63) is 112 Å². The van der Waals surface area contributed by atoms with Crippen LogP contribution in [0.25, 0.3) is 5.69 Å². The second-order valence-corrected chi connectivity index (χ2v) is 9.04. The summed E-state index contributed by atoms with van der Waals surface area (Å²) in [4.78, 5) is 6.70. The number of hydrogen-bond acceptors (Lipinski definition) is 2. The second-order valence-electron chi connectivity index (χ2n) is 7.37. The maximum absolute atomic E-state index is 6.57. The molecule has 0 bridgehead atoms. The van der Waals surface area contributed by atoms with Gasteiger partial charge in [0.1, 0.15) is 6.04 Å². The zero-order valence-electron chi connectivity index (χ0n) is 16.6. The van der Waals surface area contributed by atoms with Gasteiger partial charge in [-0.15, -0.1) is 0 Å². The minimum atomic E-state index is -0.180. The van der Waals surface area contributed by atoms with Crippen LogP contribution in [0.5, 0.6) is 0 Å². The van der Waals surface area contributed by atoms with Crippen molar-refractivity contribution in [2.75, 3.05) is 4.90 Å². The van der Waals surface area contributed by atoms with Gasteiger partial charge in [0.15, 0.2) is 5.11 Å². The highest BCUT2D eigenvalue weighted by Gasteiger charge is 2.42. The van der Waals surface area contributed by atoms with Crippen molar-refractivity contribution in [3.63, 3.8) is 0 Å². The van der Waals surface area contributed by atoms with Crippen LogP contribution in [0.15, 0.2) is 85.2 Å². The summed E-state index contributed by atoms with van der Waals surface area (Å²) in [5.41, 5.74) is 3.67. The van der Waals surface area contributed by atoms with Gasteiger partial charge in [-0.2, -0.15) is 0 Å². The fraction of sp³-hybridized carbons (Fsp3) is 0.0833. The van der Waals surface area contributed by atoms with Crippen LogP contribution in [0.2, 0.25) is 15.1 Å². The van der Waals surface area contributed by atoms with Gasteiger partial charge >= 0.3 is 0 Å². The van der Waals surface area contributed by atoms with Gasteiger partial charge in [-0.05, 0) is 78.9 Å². The molecule has 2 aromatic heterocycles. The molecular formula is C24H17Cl3N4S. The molecule has 8 heteroatoms. The zero-order chi connectivity index (χ0) is 22.2. The van der Waals surface area contributed by atoms with Crippen LogP contribution >= 0.6 is 47.0 Å². The molecule has 1 saturated heterocycles. The Morgan fingerprint density at radius 3 is 2.38 bits per heavy atom. The van der Waals surface area contributed by atoms with E-state index in [1.807, 2.05) is 66.9 Å². The highest BCUT2D eigenvalue weighted by atomic mass is 35.5. The molecule has 0 radical (unpaired) electrons. The average molecular weight is 500 g/mol. The summed E-state index contributed by atoms with van der Waals surface area (Å²) < 4.78 is 2.07. The van der Waals surface area contributed by atoms with Crippen molar-refractivity contribution in [3.8, 4) is 5.69 Å². The predicted molar refractivity (Wildman–Crippen MR) is 135 cm³/mol. The SMILES string of the molecule is S=C1N[C@@H](c2ccccn2)[C@@H](c2cccn2-c2ccc(Cl)cc2Cl)N1c1ccc(Cl)cc1. The lowest BCUT2D eigenvalue weighted by atomic mass is 10.0. The van der Waals surface area contributed by atoms with Crippen molar-refractivity contribution in [1.82, 2.24) is 14.9 Å². The molecule has 3 heterocycles. The van der Waals surface area contributed by atoms with Gasteiger partial charge in [0.2, 0.25) is 0 Å². The summed E-state index contributed by atoms with van der Waals surface area (Å²) in [5, 5.41) is 5.90. The van der Waals surface area contributed by atoms with Gasteiger partial charge < -0.3 is 14.8 Å². The summed E-state index contributed by atoms with van der Waals surface area (Å²) in [6, 6.07) is 22.7. The van der Waals surface area contributed by atoms with Gasteiger partial charge in [-0.1, -0.05) is 40.9 Å². The number of nitrogens with zero attached hydrogens (tertiary/aromatic N) is 3. The standard InChI is InChI=1S/C24H17Cl3N4S/c25-15-6-9-17(10-7-15)31-23(22(29-24(31)32)19-4-1-2-12-28-19)21-5-3-13-30(21)20-11-8-16(26)14-18(20)27/h1-14,22-23H,(H,29,32)/t22-,23+/m0/s1. The summed E-state index contributed by atoms with van der Waals surface area (Å²) in [6.45, 7) is 0. The van der Waals surface area contributed by atoms with Gasteiger partial charge in [0, 0.05) is 33.8 Å². The number of hydrogen-bond donors (Lipinski definition) is 1. The minimum absolute atomic E-state index is 0.167. The first-order valence-electron chi connectivity index (χ1n) is 9.92. The third kappa shape index (κ3) is 3.86. The summed E-state index contributed by atoms with van der Waals surface area (Å²) in [5.74, 6) is 0. The van der Waals surface area contributed by atoms with E-state index in [0.717, 1.165) is 22.8 Å². The first-order valence-corrected chi connectivity index (χ1v) is 11.5. The molecule has 2 aromatic carbocycles. The highest BCUT2D eigenvalue weighted by molar-refractivity contribution is 7.80. The normalized spacial score (nSPS) is 18.1. The smallest absolute Gasteiger partial charge is 0.174 e. The van der Waals surface area contributed by atoms with Crippen molar-refractivity contribution < 1.29 is 0 Å². The number of anilines is 1. The van der Waals surface area contributed by atoms with Crippen LogP contribution in [0.1, 0.15) is 23.5 Å². The van der Waals surface area contributed by atoms with E-state index in [-0.39, 0.29) is 12.1 Å². The highest BCUT2D eigenvalue weighted by Crippen LogP contribution is 2.43. The summed E-state index contributed by atoms with van der Waals surface area (Å²) >= 11 is 24.6. The Morgan fingerprint density at radius 2 is 1.66 bits per heavy atom. The monoisotopic (exact) mass is 498 g/mol. The first kappa shape index (κ1) is 21.3. The molecule has 1 fully saturated rings. The summed E-state index contributed by atoms with van der Waals surface area (Å²) in [7, 11) is 0. The topological polar surface area (TPSA) is 33.1 Å². The van der Waals surface area contributed by atoms with E-state index in [4.69, 9.17) is 47.0 Å². The largest absolute Gasteiger partial charge is 0.351 e. The van der Waals surface area contributed by atoms with E-state index < -0.39 is 0 Å². The summed E-state index contributed by atoms with van der Waals surface area (Å²) in [6.07, 6.45) is 3.78. The van der Waals surface area contributed by atoms with Gasteiger partial charge in [0.25, 0.3) is 0 Å². The van der Waals surface area contributed by atoms with Crippen molar-refractivity contribution in [2.45, 2.75) is 12.1 Å². The predicted octanol–water partition coefficient (Wildman–Crippen LogP) is 7.01. The number of thiocarbonyl (C=S) groups is 1. The lowest BCUT2D eigenvalue weighted by Gasteiger charge is -2.29. The van der Waals surface area contributed by atoms with Crippen LogP contribution in [-0.2, 0) is 0 Å². The van der Waals surface area contributed by atoms with Crippen LogP contribution in [0, 0.1) is 0 Å². The number of halogens is 3. The molecule has 0 saturated carbocycles. The maximum Gasteiger partial charge on any atom is 0.174 e. The van der Waals surface area contributed by atoms with Crippen molar-refractivity contribution >= 4 is 57.8 Å². The Bertz CT molecular complexity index is 1270. The van der Waals surface area contributed by atoms with Crippen molar-refractivity contribution in [2.24, 2.45) is 0 Å². The van der Waals surface area contributed by atoms with Crippen LogP contribution < -0.4 is 10.2 Å². The number of aromatic nitrogens is 2. The van der Waals surface area contributed by atoms with E-state index >= 15 is 0 Å². The molecule has 0 amide bonds. The molecule has 0 aliphatic carbocycles. The lowest BCUT2D eigenvalue weighted by molar-refractivity contribution is 0.549. The molecule has 0 spiro atoms. The van der Waals surface area contributed by atoms with E-state index in [0.29, 0.717) is 20.2 Å². The molecule has 1 aliphatic rings. The number of rotatable bonds is 4. The first-order chi connectivity index (χ1) is 15.5. The third-order valence-corrected chi connectivity index (χ3v) is 6.56. The second kappa shape index (κ2) is 8.75. The molecular weight excluding hydrogens is 483 g/mol. The molecule has 2 atom stereocenters. The Kier molecular flexibility index (Phi) is 5.82. The Balaban J connectivity index is 1.68. The lowest BCUT2D eigenvalue weighted by Crippen LogP contribution is -2.30. The van der Waals surface area contributed by atoms with Crippen LogP contribution in [0.3, 0.4) is 0 Å². The molecule has 32 heavy (non-hydrogen) atoms. The third-order valence-electron chi connectivity index (χ3n) is 5.46. The van der Waals surface area contributed by atoms with Gasteiger partial charge in [0.05, 0.1) is 22.4 Å². The van der Waals surface area contributed by atoms with Crippen LogP contribution in [-0.4, -0.2) is 14.7 Å². The number of nitrogens with one attached hydrogen (secondary N) is 1. The molecule has 1 N–H and O–H groups in total. The molecule has 160 valence electrons. The molecule has 1 aliphatic heterocycles. The number of pyridine rings is 1. The fourth-order valence-corrected chi connectivity index (χ4v) is 5.04. The van der Waals surface area contributed by atoms with E-state index in [1.54, 1.807) is 12.3 Å². The van der Waals surface area contributed by atoms with E-state index in [2.05, 4.69) is 25.8 Å². The van der Waals surface area contributed by atoms with Gasteiger partial charge in [-0.25, -0.2) is 0 Å². The van der Waals surface area contributed by atoms with Crippen LogP contribution in [0.4, 0.5) is 5.69 Å². The zero-order valence-corrected chi connectivity index (χ0v) is 19.7. The molecule has 4 aromatic rings. The van der Waals surface area contributed by atoms with E-state index in [1.165, 1.54) is 0 Å². The molecule has 0 unspecified atom stereocenters. The molecule has 5 rings (SSSR count). The fourth-order valence-electron chi connectivity index (χ4n) is 4.07. The Morgan fingerprint density at radius 1 is 0.875 bits per heavy atom. The Labute approximate surface area is 206 Å². The quantitative estimate of drug-likeness (QED) is 0.306. The van der Waals surface area contributed by atoms with Gasteiger partial charge in [-0.3, -0.25) is 4.98 Å². The minimum Gasteiger partial charge on any atom is -0.351 e. The number of benzene rings is 2. The van der Waals surface area contributed by atoms with E-state index in [9.17, 15) is 0 Å². The average Bonchev–Trinajstić information content (AvgIpc) is 3.39. The Hall–Kier alpha value is -2.57.